The Hall–Kier alpha value is -1.03. The Morgan fingerprint density at radius 3 is 2.64 bits per heavy atom. The van der Waals surface area contributed by atoms with Crippen LogP contribution in [-0.2, 0) is 14.1 Å². The minimum absolute atomic E-state index is 0.375. The quantitative estimate of drug-likeness (QED) is 0.594. The molecule has 1 saturated carbocycles. The highest BCUT2D eigenvalue weighted by Crippen LogP contribution is 2.48. The van der Waals surface area contributed by atoms with E-state index in [1.54, 1.807) is 31.2 Å². The van der Waals surface area contributed by atoms with E-state index in [-0.39, 0.29) is 0 Å². The van der Waals surface area contributed by atoms with Crippen molar-refractivity contribution in [3.8, 4) is 5.75 Å². The van der Waals surface area contributed by atoms with Gasteiger partial charge in [-0.15, -0.1) is 0 Å². The van der Waals surface area contributed by atoms with E-state index >= 15 is 0 Å². The van der Waals surface area contributed by atoms with Crippen molar-refractivity contribution in [3.05, 3.63) is 30.3 Å². The number of carbonyl (C=O) groups is 1. The lowest BCUT2D eigenvalue weighted by Crippen LogP contribution is -2.34. The maximum Gasteiger partial charge on any atom is 0.409 e. The number of carbonyl (C=O) groups excluding carboxylic acids is 1. The molecule has 1 aromatic carbocycles. The molecule has 0 saturated heterocycles. The Morgan fingerprint density at radius 1 is 1.36 bits per heavy atom. The average molecular weight is 346 g/mol. The molecule has 122 valence electrons. The zero-order valence-corrected chi connectivity index (χ0v) is 14.2. The van der Waals surface area contributed by atoms with E-state index in [0.29, 0.717) is 18.3 Å². The Balaban J connectivity index is 1.79. The molecule has 0 heterocycles. The topological polar surface area (TPSA) is 64.6 Å². The fraction of sp³-hybridized carbons (Fsp3) is 0.533. The molecule has 0 amide bonds. The third-order valence-corrected chi connectivity index (χ3v) is 5.24. The molecule has 0 radical (unpaired) electrons. The van der Waals surface area contributed by atoms with Crippen molar-refractivity contribution >= 4 is 24.1 Å². The van der Waals surface area contributed by atoms with E-state index in [9.17, 15) is 9.36 Å². The second-order valence-electron chi connectivity index (χ2n) is 5.52. The molecule has 1 aliphatic rings. The van der Waals surface area contributed by atoms with Crippen molar-refractivity contribution in [2.45, 2.75) is 38.6 Å². The summed E-state index contributed by atoms with van der Waals surface area (Å²) in [6, 6.07) is 7.77. The molecule has 7 heteroatoms. The van der Waals surface area contributed by atoms with E-state index < -0.39 is 18.9 Å². The number of ether oxygens (including phenoxy) is 1. The van der Waals surface area contributed by atoms with Crippen molar-refractivity contribution in [2.24, 2.45) is 5.92 Å². The number of benzene rings is 1. The summed E-state index contributed by atoms with van der Waals surface area (Å²) in [5, 5.41) is 2.50. The third kappa shape index (κ3) is 5.64. The van der Waals surface area contributed by atoms with Gasteiger partial charge in [0, 0.05) is 11.2 Å². The van der Waals surface area contributed by atoms with Crippen LogP contribution in [0.4, 0.5) is 0 Å². The molecule has 0 aromatic heterocycles. The molecular formula is C15H21ClNO4P. The summed E-state index contributed by atoms with van der Waals surface area (Å²) in [6.45, 7) is -1.68. The molecule has 1 aromatic rings. The number of para-hydroxylation sites is 1. The van der Waals surface area contributed by atoms with Gasteiger partial charge >= 0.3 is 12.8 Å². The summed E-state index contributed by atoms with van der Waals surface area (Å²) >= 11 is 5.85. The fourth-order valence-corrected chi connectivity index (χ4v) is 4.12. The van der Waals surface area contributed by atoms with Crippen molar-refractivity contribution in [2.75, 3.05) is 6.61 Å². The third-order valence-electron chi connectivity index (χ3n) is 3.60. The first kappa shape index (κ1) is 17.3. The van der Waals surface area contributed by atoms with Gasteiger partial charge in [-0.05, 0) is 37.8 Å². The van der Waals surface area contributed by atoms with Gasteiger partial charge in [-0.25, -0.2) is 9.65 Å². The van der Waals surface area contributed by atoms with Gasteiger partial charge in [-0.1, -0.05) is 31.0 Å². The fourth-order valence-electron chi connectivity index (χ4n) is 2.43. The summed E-state index contributed by atoms with van der Waals surface area (Å²) < 4.78 is 22.6. The molecule has 2 rings (SSSR count). The molecule has 0 bridgehead atoms. The molecule has 0 spiro atoms. The van der Waals surface area contributed by atoms with Crippen LogP contribution in [0.25, 0.3) is 0 Å². The summed E-state index contributed by atoms with van der Waals surface area (Å²) in [5.74, 6) is 0.351. The zero-order valence-electron chi connectivity index (χ0n) is 12.5. The molecule has 1 fully saturated rings. The molecule has 22 heavy (non-hydrogen) atoms. The second kappa shape index (κ2) is 8.00. The Morgan fingerprint density at radius 2 is 2.00 bits per heavy atom. The minimum Gasteiger partial charge on any atom is -0.464 e. The maximum atomic E-state index is 12.2. The van der Waals surface area contributed by atoms with Crippen molar-refractivity contribution in [1.82, 2.24) is 5.09 Å². The first-order valence-electron chi connectivity index (χ1n) is 7.45. The molecular weight excluding hydrogens is 325 g/mol. The van der Waals surface area contributed by atoms with Gasteiger partial charge in [0.05, 0.1) is 6.61 Å². The van der Waals surface area contributed by atoms with Crippen LogP contribution in [0.15, 0.2) is 30.3 Å². The van der Waals surface area contributed by atoms with E-state index in [1.807, 2.05) is 6.07 Å². The molecule has 5 nitrogen and oxygen atoms in total. The smallest absolute Gasteiger partial charge is 0.409 e. The Bertz CT molecular complexity index is 534. The first-order chi connectivity index (χ1) is 10.5. The highest BCUT2D eigenvalue weighted by Gasteiger charge is 2.28. The highest BCUT2D eigenvalue weighted by atomic mass is 35.7. The van der Waals surface area contributed by atoms with Crippen LogP contribution in [0.1, 0.15) is 32.6 Å². The Labute approximate surface area is 135 Å². The minimum atomic E-state index is -3.65. The number of hydrogen-bond acceptors (Lipinski definition) is 4. The van der Waals surface area contributed by atoms with Gasteiger partial charge < -0.3 is 9.26 Å². The molecule has 0 aliphatic heterocycles. The number of nitrogens with one attached hydrogen (secondary N) is 1. The number of esters is 1. The predicted octanol–water partition coefficient (Wildman–Crippen LogP) is 4.12. The summed E-state index contributed by atoms with van der Waals surface area (Å²) in [6.07, 6.45) is 4.58. The van der Waals surface area contributed by atoms with Gasteiger partial charge in [0.2, 0.25) is 0 Å². The normalized spacial score (nSPS) is 19.4. The van der Waals surface area contributed by atoms with E-state index in [0.717, 1.165) is 12.8 Å². The summed E-state index contributed by atoms with van der Waals surface area (Å²) in [4.78, 5) is 11.9. The first-order valence-corrected chi connectivity index (χ1v) is 9.98. The summed E-state index contributed by atoms with van der Waals surface area (Å²) in [5.41, 5.74) is 0. The highest BCUT2D eigenvalue weighted by molar-refractivity contribution is 7.84. The number of hydrogen-bond donors (Lipinski definition) is 1. The van der Waals surface area contributed by atoms with Crippen LogP contribution in [0.3, 0.4) is 0 Å². The second-order valence-corrected chi connectivity index (χ2v) is 8.25. The van der Waals surface area contributed by atoms with Gasteiger partial charge in [-0.2, -0.15) is 0 Å². The number of rotatable bonds is 7. The molecule has 1 unspecified atom stereocenters. The van der Waals surface area contributed by atoms with Gasteiger partial charge in [0.25, 0.3) is 0 Å². The van der Waals surface area contributed by atoms with E-state index in [2.05, 4.69) is 5.09 Å². The lowest BCUT2D eigenvalue weighted by Gasteiger charge is -2.19. The van der Waals surface area contributed by atoms with Crippen LogP contribution in [0.2, 0.25) is 0 Å². The molecule has 1 aliphatic carbocycles. The number of halogens is 1. The van der Waals surface area contributed by atoms with Crippen LogP contribution in [0, 0.1) is 5.92 Å². The largest absolute Gasteiger partial charge is 0.464 e. The van der Waals surface area contributed by atoms with Gasteiger partial charge in [0.1, 0.15) is 11.8 Å². The lowest BCUT2D eigenvalue weighted by molar-refractivity contribution is -0.146. The molecule has 1 N–H and O–H groups in total. The Kier molecular flexibility index (Phi) is 6.30. The van der Waals surface area contributed by atoms with Crippen molar-refractivity contribution < 1.29 is 18.6 Å². The average Bonchev–Trinajstić information content (AvgIpc) is 2.98. The van der Waals surface area contributed by atoms with Gasteiger partial charge in [-0.3, -0.25) is 4.79 Å². The SMILES string of the molecule is C[C@H](NP(=O)(Cl)Oc1ccccc1)C(=O)OCC1CCCC1. The van der Waals surface area contributed by atoms with Crippen molar-refractivity contribution in [3.63, 3.8) is 0 Å². The van der Waals surface area contributed by atoms with Crippen LogP contribution in [0.5, 0.6) is 5.75 Å². The van der Waals surface area contributed by atoms with E-state index in [1.165, 1.54) is 12.8 Å². The zero-order chi connectivity index (χ0) is 16.0. The monoisotopic (exact) mass is 345 g/mol. The lowest BCUT2D eigenvalue weighted by atomic mass is 10.1. The maximum absolute atomic E-state index is 12.2. The van der Waals surface area contributed by atoms with Crippen LogP contribution >= 0.6 is 18.1 Å². The van der Waals surface area contributed by atoms with Crippen LogP contribution in [-0.4, -0.2) is 18.6 Å². The van der Waals surface area contributed by atoms with Gasteiger partial charge in [0.15, 0.2) is 0 Å². The standard InChI is InChI=1S/C15H21ClNO4P/c1-12(15(18)20-11-13-7-5-6-8-13)17-22(16,19)21-14-9-3-2-4-10-14/h2-4,9-10,12-13H,5-8,11H2,1H3,(H,17,19)/t12-,22?/m0/s1. The van der Waals surface area contributed by atoms with Crippen LogP contribution < -0.4 is 9.61 Å². The molecule has 2 atom stereocenters. The summed E-state index contributed by atoms with van der Waals surface area (Å²) in [7, 11) is 0. The van der Waals surface area contributed by atoms with E-state index in [4.69, 9.17) is 20.5 Å². The van der Waals surface area contributed by atoms with Crippen molar-refractivity contribution in [1.29, 1.82) is 0 Å². The predicted molar refractivity (Wildman–Crippen MR) is 86.0 cm³/mol.